The lowest BCUT2D eigenvalue weighted by atomic mass is 9.98. The number of rotatable bonds is 0. The monoisotopic (exact) mass is 159 g/mol. The van der Waals surface area contributed by atoms with Gasteiger partial charge in [-0.15, -0.1) is 0 Å². The molecule has 58 valence electrons. The molecule has 0 aromatic carbocycles. The third kappa shape index (κ3) is 0.862. The van der Waals surface area contributed by atoms with E-state index in [2.05, 4.69) is 5.10 Å². The lowest BCUT2D eigenvalue weighted by Gasteiger charge is -1.90. The van der Waals surface area contributed by atoms with Crippen LogP contribution < -0.4 is 11.2 Å². The van der Waals surface area contributed by atoms with Gasteiger partial charge in [0.15, 0.2) is 5.65 Å². The molecule has 0 amide bonds. The van der Waals surface area contributed by atoms with Crippen LogP contribution in [0.5, 0.6) is 0 Å². The number of fused-ring (bicyclic) bond motifs is 1. The fourth-order valence-corrected chi connectivity index (χ4v) is 1.09. The summed E-state index contributed by atoms with van der Waals surface area (Å²) in [5, 5.41) is 3.96. The van der Waals surface area contributed by atoms with Gasteiger partial charge >= 0.3 is 5.69 Å². The van der Waals surface area contributed by atoms with E-state index in [0.717, 1.165) is 0 Å². The summed E-state index contributed by atoms with van der Waals surface area (Å²) in [6.07, 6.45) is 1.61. The molecule has 2 aromatic rings. The minimum absolute atomic E-state index is 0.162. The lowest BCUT2D eigenvalue weighted by molar-refractivity contribution is 0.733. The predicted molar refractivity (Wildman–Crippen MR) is 45.8 cm³/mol. The van der Waals surface area contributed by atoms with E-state index in [1.807, 2.05) is 0 Å². The first-order chi connectivity index (χ1) is 5.68. The predicted octanol–water partition coefficient (Wildman–Crippen LogP) is -1.17. The normalized spacial score (nSPS) is 10.8. The third-order valence-corrected chi connectivity index (χ3v) is 1.69. The molecule has 0 aliphatic carbocycles. The van der Waals surface area contributed by atoms with Crippen LogP contribution in [-0.2, 0) is 7.05 Å². The Labute approximate surface area is 69.8 Å². The van der Waals surface area contributed by atoms with Gasteiger partial charge in [-0.2, -0.15) is 5.10 Å². The van der Waals surface area contributed by atoms with Crippen LogP contribution in [0.3, 0.4) is 0 Å². The zero-order valence-electron chi connectivity index (χ0n) is 6.56. The first-order valence-corrected chi connectivity index (χ1v) is 3.49. The summed E-state index contributed by atoms with van der Waals surface area (Å²) >= 11 is 0. The highest BCUT2D eigenvalue weighted by molar-refractivity contribution is 6.32. The van der Waals surface area contributed by atoms with Gasteiger partial charge in [0.05, 0.1) is 0 Å². The molecule has 2 heterocycles. The minimum atomic E-state index is -0.162. The first kappa shape index (κ1) is 7.15. The van der Waals surface area contributed by atoms with Crippen LogP contribution in [0, 0.1) is 0 Å². The van der Waals surface area contributed by atoms with E-state index in [1.54, 1.807) is 25.4 Å². The maximum absolute atomic E-state index is 11.3. The summed E-state index contributed by atoms with van der Waals surface area (Å²) in [6.45, 7) is 0. The fourth-order valence-electron chi connectivity index (χ4n) is 1.09. The van der Waals surface area contributed by atoms with Crippen molar-refractivity contribution in [3.63, 3.8) is 0 Å². The van der Waals surface area contributed by atoms with E-state index in [-0.39, 0.29) is 5.69 Å². The Morgan fingerprint density at radius 3 is 3.08 bits per heavy atom. The van der Waals surface area contributed by atoms with Gasteiger partial charge in [-0.25, -0.2) is 9.48 Å². The van der Waals surface area contributed by atoms with Crippen LogP contribution in [-0.4, -0.2) is 22.0 Å². The van der Waals surface area contributed by atoms with Crippen molar-refractivity contribution in [2.24, 2.45) is 7.05 Å². The highest BCUT2D eigenvalue weighted by atomic mass is 16.2. The average Bonchev–Trinajstić information content (AvgIpc) is 2.28. The molecule has 0 N–H and O–H groups in total. The van der Waals surface area contributed by atoms with Crippen LogP contribution in [0.25, 0.3) is 5.65 Å². The highest BCUT2D eigenvalue weighted by Gasteiger charge is 2.01. The summed E-state index contributed by atoms with van der Waals surface area (Å²) in [5.74, 6) is 0. The van der Waals surface area contributed by atoms with Crippen molar-refractivity contribution in [2.75, 3.05) is 0 Å². The second kappa shape index (κ2) is 2.23. The number of hydrogen-bond donors (Lipinski definition) is 0. The molecule has 0 aliphatic heterocycles. The van der Waals surface area contributed by atoms with Crippen molar-refractivity contribution in [3.8, 4) is 0 Å². The highest BCUT2D eigenvalue weighted by Crippen LogP contribution is 1.90. The molecule has 0 spiro atoms. The molecule has 4 nitrogen and oxygen atoms in total. The Balaban J connectivity index is 2.97. The van der Waals surface area contributed by atoms with Crippen LogP contribution in [0.15, 0.2) is 23.1 Å². The number of aromatic nitrogens is 3. The van der Waals surface area contributed by atoms with Gasteiger partial charge in [0, 0.05) is 13.2 Å². The summed E-state index contributed by atoms with van der Waals surface area (Å²) in [5.41, 5.74) is 1.01. The average molecular weight is 159 g/mol. The molecule has 0 atom stereocenters. The molecule has 0 unspecified atom stereocenters. The third-order valence-electron chi connectivity index (χ3n) is 1.69. The van der Waals surface area contributed by atoms with Crippen LogP contribution >= 0.6 is 0 Å². The van der Waals surface area contributed by atoms with Crippen molar-refractivity contribution < 1.29 is 0 Å². The SMILES string of the molecule is [B]c1ccn2c(=O)n(C)nc2c1. The Hall–Kier alpha value is -1.52. The second-order valence-corrected chi connectivity index (χ2v) is 2.59. The van der Waals surface area contributed by atoms with Crippen molar-refractivity contribution in [1.29, 1.82) is 0 Å². The molecule has 0 fully saturated rings. The number of pyridine rings is 1. The molecule has 0 saturated carbocycles. The van der Waals surface area contributed by atoms with E-state index >= 15 is 0 Å². The minimum Gasteiger partial charge on any atom is -0.250 e. The van der Waals surface area contributed by atoms with Crippen LogP contribution in [0.1, 0.15) is 0 Å². The zero-order valence-corrected chi connectivity index (χ0v) is 6.56. The smallest absolute Gasteiger partial charge is 0.250 e. The van der Waals surface area contributed by atoms with Crippen LogP contribution in [0.2, 0.25) is 0 Å². The Morgan fingerprint density at radius 1 is 1.58 bits per heavy atom. The van der Waals surface area contributed by atoms with Gasteiger partial charge in [-0.05, 0) is 6.07 Å². The largest absolute Gasteiger partial charge is 0.350 e. The zero-order chi connectivity index (χ0) is 8.72. The van der Waals surface area contributed by atoms with Crippen LogP contribution in [0.4, 0.5) is 0 Å². The number of nitrogens with zero attached hydrogens (tertiary/aromatic N) is 3. The second-order valence-electron chi connectivity index (χ2n) is 2.59. The Bertz CT molecular complexity index is 485. The Kier molecular flexibility index (Phi) is 1.33. The standard InChI is InChI=1S/C7H6BN3O/c1-10-7(12)11-3-2-5(8)4-6(11)9-10/h2-4H,1H3. The molecule has 0 saturated heterocycles. The van der Waals surface area contributed by atoms with Gasteiger partial charge < -0.3 is 0 Å². The number of hydrogen-bond acceptors (Lipinski definition) is 2. The van der Waals surface area contributed by atoms with Crippen molar-refractivity contribution in [2.45, 2.75) is 0 Å². The van der Waals surface area contributed by atoms with Crippen molar-refractivity contribution >= 4 is 19.0 Å². The van der Waals surface area contributed by atoms with Gasteiger partial charge in [0.2, 0.25) is 0 Å². The quantitative estimate of drug-likeness (QED) is 0.454. The van der Waals surface area contributed by atoms with Gasteiger partial charge in [0.25, 0.3) is 0 Å². The summed E-state index contributed by atoms with van der Waals surface area (Å²) in [4.78, 5) is 11.3. The fraction of sp³-hybridized carbons (Fsp3) is 0.143. The summed E-state index contributed by atoms with van der Waals surface area (Å²) in [7, 11) is 7.12. The Morgan fingerprint density at radius 2 is 2.33 bits per heavy atom. The summed E-state index contributed by atoms with van der Waals surface area (Å²) < 4.78 is 2.71. The van der Waals surface area contributed by atoms with E-state index < -0.39 is 0 Å². The molecular formula is C7H6BN3O. The first-order valence-electron chi connectivity index (χ1n) is 3.49. The molecule has 12 heavy (non-hydrogen) atoms. The van der Waals surface area contributed by atoms with E-state index in [9.17, 15) is 4.79 Å². The molecule has 5 heteroatoms. The molecule has 0 aliphatic rings. The van der Waals surface area contributed by atoms with Crippen molar-refractivity contribution in [3.05, 3.63) is 28.8 Å². The van der Waals surface area contributed by atoms with Gasteiger partial charge in [-0.1, -0.05) is 11.5 Å². The molecule has 2 radical (unpaired) electrons. The van der Waals surface area contributed by atoms with Gasteiger partial charge in [0.1, 0.15) is 7.85 Å². The van der Waals surface area contributed by atoms with Gasteiger partial charge in [-0.3, -0.25) is 4.40 Å². The van der Waals surface area contributed by atoms with E-state index in [4.69, 9.17) is 7.85 Å². The topological polar surface area (TPSA) is 39.3 Å². The van der Waals surface area contributed by atoms with E-state index in [1.165, 1.54) is 9.08 Å². The summed E-state index contributed by atoms with van der Waals surface area (Å²) in [6, 6.07) is 3.32. The van der Waals surface area contributed by atoms with Crippen molar-refractivity contribution in [1.82, 2.24) is 14.2 Å². The maximum atomic E-state index is 11.3. The molecule has 2 aromatic heterocycles. The van der Waals surface area contributed by atoms with E-state index in [0.29, 0.717) is 11.1 Å². The maximum Gasteiger partial charge on any atom is 0.350 e. The lowest BCUT2D eigenvalue weighted by Crippen LogP contribution is -2.18. The molecule has 2 rings (SSSR count). The molecule has 0 bridgehead atoms. The molecular weight excluding hydrogens is 153 g/mol. The number of aryl methyl sites for hydroxylation is 1.